The van der Waals surface area contributed by atoms with Gasteiger partial charge in [0.15, 0.2) is 0 Å². The molecular formula is C37H16N4O3. The highest BCUT2D eigenvalue weighted by molar-refractivity contribution is 6.42. The Labute approximate surface area is 244 Å². The monoisotopic (exact) mass is 564 g/mol. The zero-order valence-electron chi connectivity index (χ0n) is 22.8. The molecule has 0 saturated heterocycles. The molecule has 0 amide bonds. The Morgan fingerprint density at radius 2 is 1.05 bits per heavy atom. The van der Waals surface area contributed by atoms with Crippen molar-refractivity contribution in [2.75, 3.05) is 0 Å². The second kappa shape index (κ2) is 6.76. The third-order valence-corrected chi connectivity index (χ3v) is 10.0. The van der Waals surface area contributed by atoms with E-state index in [0.717, 1.165) is 81.5 Å². The van der Waals surface area contributed by atoms with E-state index in [2.05, 4.69) is 24.3 Å². The molecule has 0 spiro atoms. The second-order valence-corrected chi connectivity index (χ2v) is 12.0. The van der Waals surface area contributed by atoms with Gasteiger partial charge in [0, 0.05) is 43.1 Å². The van der Waals surface area contributed by atoms with Gasteiger partial charge >= 0.3 is 0 Å². The zero-order chi connectivity index (χ0) is 28.6. The topological polar surface area (TPSA) is 78.0 Å². The lowest BCUT2D eigenvalue weighted by Gasteiger charge is -2.25. The molecule has 0 N–H and O–H groups in total. The summed E-state index contributed by atoms with van der Waals surface area (Å²) in [7, 11) is 0. The summed E-state index contributed by atoms with van der Waals surface area (Å²) < 4.78 is 9.92. The molecule has 12 rings (SSSR count). The number of benzene rings is 7. The number of fused-ring (bicyclic) bond motifs is 9. The molecule has 7 aromatic carbocycles. The molecule has 4 aromatic heterocycles. The van der Waals surface area contributed by atoms with Gasteiger partial charge in [0.2, 0.25) is 0 Å². The van der Waals surface area contributed by atoms with E-state index in [0.29, 0.717) is 34.4 Å². The summed E-state index contributed by atoms with van der Waals surface area (Å²) in [5, 5.41) is 11.2. The lowest BCUT2D eigenvalue weighted by Crippen LogP contribution is -2.16. The molecule has 7 heteroatoms. The first-order valence-corrected chi connectivity index (χ1v) is 14.6. The van der Waals surface area contributed by atoms with Crippen molar-refractivity contribution in [1.29, 1.82) is 0 Å². The first-order chi connectivity index (χ1) is 21.7. The van der Waals surface area contributed by atoms with Gasteiger partial charge in [0.05, 0.1) is 27.5 Å². The Kier molecular flexibility index (Phi) is 3.32. The number of pyridine rings is 2. The van der Waals surface area contributed by atoms with Gasteiger partial charge in [-0.3, -0.25) is 18.4 Å². The maximum absolute atomic E-state index is 14.2. The molecular weight excluding hydrogens is 548 g/mol. The number of nitrogens with zero attached hydrogens (tertiary/aromatic N) is 4. The molecule has 0 unspecified atom stereocenters. The standard InChI is InChI=1S/C37H16N4O3/c42-36-21-13-16-15-44-27-14-22-30-20(35-39-24-6-2-4-8-26(24)41(35)37(22)43)12-10-18-17-9-11-19(29(21)31(17)28(16)33(27)32(18)30)34-38-23-5-1-3-7-25(23)40(34)36/h1-14H,15H2. The molecule has 1 aliphatic rings. The fraction of sp³-hybridized carbons (Fsp3) is 0.0270. The fourth-order valence-electron chi connectivity index (χ4n) is 8.30. The molecule has 202 valence electrons. The average Bonchev–Trinajstić information content (AvgIpc) is 3.65. The van der Waals surface area contributed by atoms with Crippen LogP contribution in [0.2, 0.25) is 0 Å². The van der Waals surface area contributed by atoms with Crippen LogP contribution >= 0.6 is 0 Å². The molecule has 0 bridgehead atoms. The van der Waals surface area contributed by atoms with Crippen LogP contribution in [0.25, 0.3) is 98.0 Å². The van der Waals surface area contributed by atoms with Gasteiger partial charge in [-0.05, 0) is 70.3 Å². The smallest absolute Gasteiger partial charge is 0.264 e. The fourth-order valence-corrected chi connectivity index (χ4v) is 8.30. The van der Waals surface area contributed by atoms with Crippen LogP contribution in [-0.2, 0) is 6.61 Å². The van der Waals surface area contributed by atoms with Gasteiger partial charge < -0.3 is 4.74 Å². The van der Waals surface area contributed by atoms with Crippen molar-refractivity contribution >= 4 is 98.0 Å². The third kappa shape index (κ3) is 2.14. The van der Waals surface area contributed by atoms with Crippen LogP contribution < -0.4 is 15.9 Å². The normalized spacial score (nSPS) is 13.7. The lowest BCUT2D eigenvalue weighted by atomic mass is 9.83. The molecule has 0 aliphatic carbocycles. The molecule has 5 heterocycles. The number of ether oxygens (including phenoxy) is 1. The van der Waals surface area contributed by atoms with Crippen LogP contribution in [0.15, 0.2) is 94.5 Å². The Hall–Kier alpha value is -6.08. The minimum Gasteiger partial charge on any atom is -0.488 e. The lowest BCUT2D eigenvalue weighted by molar-refractivity contribution is 0.309. The van der Waals surface area contributed by atoms with Crippen molar-refractivity contribution < 1.29 is 4.74 Å². The van der Waals surface area contributed by atoms with E-state index >= 15 is 0 Å². The molecule has 0 radical (unpaired) electrons. The molecule has 1 aliphatic heterocycles. The van der Waals surface area contributed by atoms with Crippen molar-refractivity contribution in [2.24, 2.45) is 0 Å². The van der Waals surface area contributed by atoms with Crippen LogP contribution in [0, 0.1) is 0 Å². The van der Waals surface area contributed by atoms with E-state index in [4.69, 9.17) is 14.7 Å². The van der Waals surface area contributed by atoms with E-state index in [9.17, 15) is 9.59 Å². The first-order valence-electron chi connectivity index (χ1n) is 14.6. The summed E-state index contributed by atoms with van der Waals surface area (Å²) in [6.07, 6.45) is 0. The quantitative estimate of drug-likeness (QED) is 0.145. The Morgan fingerprint density at radius 1 is 0.523 bits per heavy atom. The Balaban J connectivity index is 1.39. The predicted molar refractivity (Wildman–Crippen MR) is 174 cm³/mol. The number of hydrogen-bond donors (Lipinski definition) is 0. The van der Waals surface area contributed by atoms with Crippen LogP contribution in [0.1, 0.15) is 5.56 Å². The van der Waals surface area contributed by atoms with Crippen molar-refractivity contribution in [1.82, 2.24) is 18.8 Å². The van der Waals surface area contributed by atoms with Gasteiger partial charge in [0.25, 0.3) is 11.1 Å². The Bertz CT molecular complexity index is 3050. The maximum atomic E-state index is 14.2. The predicted octanol–water partition coefficient (Wildman–Crippen LogP) is 7.13. The summed E-state index contributed by atoms with van der Waals surface area (Å²) in [6, 6.07) is 28.0. The summed E-state index contributed by atoms with van der Waals surface area (Å²) in [6.45, 7) is 0.313. The van der Waals surface area contributed by atoms with Crippen molar-refractivity contribution in [3.8, 4) is 5.75 Å². The molecule has 44 heavy (non-hydrogen) atoms. The van der Waals surface area contributed by atoms with Crippen molar-refractivity contribution in [3.63, 3.8) is 0 Å². The highest BCUT2D eigenvalue weighted by atomic mass is 16.5. The molecule has 0 atom stereocenters. The summed E-state index contributed by atoms with van der Waals surface area (Å²) >= 11 is 0. The van der Waals surface area contributed by atoms with Crippen molar-refractivity contribution in [3.05, 3.63) is 111 Å². The summed E-state index contributed by atoms with van der Waals surface area (Å²) in [5.41, 5.74) is 5.31. The van der Waals surface area contributed by atoms with Gasteiger partial charge in [-0.25, -0.2) is 9.97 Å². The molecule has 0 fully saturated rings. The van der Waals surface area contributed by atoms with Gasteiger partial charge in [-0.2, -0.15) is 0 Å². The van der Waals surface area contributed by atoms with E-state index < -0.39 is 0 Å². The minimum atomic E-state index is -0.101. The van der Waals surface area contributed by atoms with E-state index in [1.54, 1.807) is 8.80 Å². The Morgan fingerprint density at radius 3 is 1.66 bits per heavy atom. The van der Waals surface area contributed by atoms with Crippen molar-refractivity contribution in [2.45, 2.75) is 6.61 Å². The summed E-state index contributed by atoms with van der Waals surface area (Å²) in [5.74, 6) is 0.695. The third-order valence-electron chi connectivity index (χ3n) is 10.0. The van der Waals surface area contributed by atoms with E-state index in [1.807, 2.05) is 60.7 Å². The van der Waals surface area contributed by atoms with Crippen LogP contribution in [-0.4, -0.2) is 18.8 Å². The molecule has 7 nitrogen and oxygen atoms in total. The number of imidazole rings is 2. The minimum absolute atomic E-state index is 0.0764. The average molecular weight is 565 g/mol. The second-order valence-electron chi connectivity index (χ2n) is 12.0. The van der Waals surface area contributed by atoms with E-state index in [-0.39, 0.29) is 11.1 Å². The zero-order valence-corrected chi connectivity index (χ0v) is 22.8. The number of aromatic nitrogens is 4. The van der Waals surface area contributed by atoms with Gasteiger partial charge in [-0.1, -0.05) is 36.4 Å². The number of para-hydroxylation sites is 4. The largest absolute Gasteiger partial charge is 0.488 e. The van der Waals surface area contributed by atoms with Gasteiger partial charge in [0.1, 0.15) is 23.7 Å². The van der Waals surface area contributed by atoms with Crippen LogP contribution in [0.4, 0.5) is 0 Å². The van der Waals surface area contributed by atoms with E-state index in [1.165, 1.54) is 0 Å². The van der Waals surface area contributed by atoms with Gasteiger partial charge in [-0.15, -0.1) is 0 Å². The molecule has 0 saturated carbocycles. The number of rotatable bonds is 0. The number of hydrogen-bond acceptors (Lipinski definition) is 5. The molecule has 11 aromatic rings. The highest BCUT2D eigenvalue weighted by Crippen LogP contribution is 2.51. The SMILES string of the molecule is O=c1c2cc3c4c5c(cc6c(=O)n7c8ccccc8nc7c7ccc(c8ccc(c2c84)c2nc4ccccc4n12)c5c67)OC3. The maximum Gasteiger partial charge on any atom is 0.264 e. The van der Waals surface area contributed by atoms with Crippen LogP contribution in [0.3, 0.4) is 0 Å². The summed E-state index contributed by atoms with van der Waals surface area (Å²) in [4.78, 5) is 38.3. The highest BCUT2D eigenvalue weighted by Gasteiger charge is 2.29. The first kappa shape index (κ1) is 21.6. The van der Waals surface area contributed by atoms with Crippen LogP contribution in [0.5, 0.6) is 5.75 Å².